The molecule has 0 fully saturated rings. The van der Waals surface area contributed by atoms with Crippen molar-refractivity contribution in [3.05, 3.63) is 168 Å². The molecule has 0 spiro atoms. The molecule has 1 N–H and O–H groups in total. The third kappa shape index (κ3) is 8.21. The minimum absolute atomic E-state index is 0. The molecule has 0 aliphatic heterocycles. The van der Waals surface area contributed by atoms with Gasteiger partial charge in [0.15, 0.2) is 0 Å². The molecule has 4 nitrogen and oxygen atoms in total. The van der Waals surface area contributed by atoms with E-state index in [1.807, 2.05) is 56.4 Å². The maximum atomic E-state index is 11.4. The minimum atomic E-state index is -0.664. The summed E-state index contributed by atoms with van der Waals surface area (Å²) in [5, 5.41) is 11.4. The van der Waals surface area contributed by atoms with Gasteiger partial charge in [-0.25, -0.2) is 4.98 Å². The van der Waals surface area contributed by atoms with Crippen LogP contribution in [0.3, 0.4) is 0 Å². The quantitative estimate of drug-likeness (QED) is 0.147. The van der Waals surface area contributed by atoms with E-state index in [-0.39, 0.29) is 37.6 Å². The summed E-state index contributed by atoms with van der Waals surface area (Å²) in [6, 6.07) is 51.8. The molecule has 0 bridgehead atoms. The maximum absolute atomic E-state index is 11.4. The third-order valence-corrected chi connectivity index (χ3v) is 11.7. The number of aromatic hydroxyl groups is 1. The molecule has 0 saturated heterocycles. The predicted molar refractivity (Wildman–Crippen MR) is 243 cm³/mol. The van der Waals surface area contributed by atoms with E-state index in [1.54, 1.807) is 6.07 Å². The van der Waals surface area contributed by atoms with Crippen LogP contribution in [0.2, 0.25) is 0 Å². The fourth-order valence-electron chi connectivity index (χ4n) is 7.65. The summed E-state index contributed by atoms with van der Waals surface area (Å²) in [4.78, 5) is 10.3. The van der Waals surface area contributed by atoms with Gasteiger partial charge < -0.3 is 5.11 Å². The number of benzene rings is 6. The van der Waals surface area contributed by atoms with Crippen LogP contribution in [0.5, 0.6) is 5.75 Å². The van der Waals surface area contributed by atoms with E-state index >= 15 is 0 Å². The second kappa shape index (κ2) is 16.6. The topological polar surface area (TPSA) is 50.9 Å². The molecule has 0 aliphatic rings. The van der Waals surface area contributed by atoms with Crippen LogP contribution in [0, 0.1) is 6.07 Å². The van der Waals surface area contributed by atoms with Gasteiger partial charge in [-0.3, -0.25) is 9.55 Å². The molecular weight excluding hydrogens is 902 g/mol. The summed E-state index contributed by atoms with van der Waals surface area (Å²) in [7, 11) is 0. The number of phenols is 1. The van der Waals surface area contributed by atoms with E-state index in [9.17, 15) is 5.11 Å². The Morgan fingerprint density at radius 1 is 0.678 bits per heavy atom. The standard InChI is InChI=1S/C54H52N3O.Pt/c1-9-54(7,8)42-26-27-48(46(34-42)38-16-11-10-12-17-38)57-49-20-15-19-44(51(49)56-52(57)45-18-13-14-21-50(45)58)40-30-41(32-43(31-40)53(4,5)6)47-33-39(28-29-55-47)37-24-22-36(23-25-37)35(2)3;/h10-29,31-35,58H,9H2,1-8H3;/q-1;/i35D;. The zero-order valence-corrected chi connectivity index (χ0v) is 37.4. The first-order chi connectivity index (χ1) is 28.1. The molecule has 8 aromatic rings. The fourth-order valence-corrected chi connectivity index (χ4v) is 7.65. The van der Waals surface area contributed by atoms with Crippen LogP contribution < -0.4 is 0 Å². The summed E-state index contributed by atoms with van der Waals surface area (Å²) >= 11 is 0. The second-order valence-corrected chi connectivity index (χ2v) is 17.3. The van der Waals surface area contributed by atoms with Crippen molar-refractivity contribution in [1.82, 2.24) is 14.5 Å². The van der Waals surface area contributed by atoms with Crippen LogP contribution in [0.25, 0.3) is 72.7 Å². The monoisotopic (exact) mass is 954 g/mol. The molecule has 8 rings (SSSR count). The maximum Gasteiger partial charge on any atom is 0.148 e. The summed E-state index contributed by atoms with van der Waals surface area (Å²) in [5.41, 5.74) is 14.5. The van der Waals surface area contributed by atoms with E-state index in [2.05, 4.69) is 149 Å². The van der Waals surface area contributed by atoms with Gasteiger partial charge in [0.2, 0.25) is 0 Å². The smallest absolute Gasteiger partial charge is 0.148 e. The van der Waals surface area contributed by atoms with Gasteiger partial charge in [-0.05, 0) is 87.4 Å². The first-order valence-electron chi connectivity index (χ1n) is 20.8. The molecule has 0 aliphatic carbocycles. The van der Waals surface area contributed by atoms with E-state index in [0.717, 1.165) is 78.9 Å². The molecular formula is C54H52N3OPt-. The van der Waals surface area contributed by atoms with Crippen molar-refractivity contribution in [2.75, 3.05) is 0 Å². The van der Waals surface area contributed by atoms with Gasteiger partial charge in [-0.15, -0.1) is 29.3 Å². The molecule has 0 atom stereocenters. The third-order valence-electron chi connectivity index (χ3n) is 11.7. The number of imidazole rings is 1. The molecule has 2 aromatic heterocycles. The summed E-state index contributed by atoms with van der Waals surface area (Å²) < 4.78 is 10.7. The van der Waals surface area contributed by atoms with E-state index in [1.165, 1.54) is 5.56 Å². The van der Waals surface area contributed by atoms with E-state index < -0.39 is 5.89 Å². The molecule has 0 radical (unpaired) electrons. The molecule has 0 amide bonds. The summed E-state index contributed by atoms with van der Waals surface area (Å²) in [6.07, 6.45) is 2.87. The van der Waals surface area contributed by atoms with Crippen molar-refractivity contribution in [3.63, 3.8) is 0 Å². The Bertz CT molecular complexity index is 2810. The number of rotatable bonds is 9. The Balaban J connectivity index is 0.00000544. The molecule has 5 heteroatoms. The molecule has 0 unspecified atom stereocenters. The van der Waals surface area contributed by atoms with Gasteiger partial charge in [0.05, 0.1) is 22.3 Å². The van der Waals surface area contributed by atoms with Gasteiger partial charge in [0.25, 0.3) is 0 Å². The molecule has 0 saturated carbocycles. The van der Waals surface area contributed by atoms with Crippen LogP contribution in [-0.2, 0) is 31.9 Å². The van der Waals surface area contributed by atoms with Crippen molar-refractivity contribution in [3.8, 4) is 67.5 Å². The number of fused-ring (bicyclic) bond motifs is 1. The van der Waals surface area contributed by atoms with Gasteiger partial charge in [0.1, 0.15) is 11.6 Å². The van der Waals surface area contributed by atoms with Crippen molar-refractivity contribution < 1.29 is 27.5 Å². The largest absolute Gasteiger partial charge is 0.507 e. The average molecular weight is 955 g/mol. The molecule has 6 aromatic carbocycles. The summed E-state index contributed by atoms with van der Waals surface area (Å²) in [6.45, 7) is 17.3. The van der Waals surface area contributed by atoms with Crippen molar-refractivity contribution >= 4 is 11.0 Å². The Hall–Kier alpha value is -5.57. The van der Waals surface area contributed by atoms with E-state index in [0.29, 0.717) is 11.4 Å². The normalized spacial score (nSPS) is 12.3. The summed E-state index contributed by atoms with van der Waals surface area (Å²) in [5.74, 6) is 0.164. The number of hydrogen-bond donors (Lipinski definition) is 1. The zero-order valence-electron chi connectivity index (χ0n) is 36.2. The van der Waals surface area contributed by atoms with Crippen LogP contribution >= 0.6 is 0 Å². The molecule has 300 valence electrons. The number of hydrogen-bond acceptors (Lipinski definition) is 3. The fraction of sp³-hybridized carbons (Fsp3) is 0.222. The van der Waals surface area contributed by atoms with Crippen LogP contribution in [0.15, 0.2) is 146 Å². The second-order valence-electron chi connectivity index (χ2n) is 17.3. The van der Waals surface area contributed by atoms with Gasteiger partial charge in [0, 0.05) is 39.9 Å². The van der Waals surface area contributed by atoms with Crippen molar-refractivity contribution in [2.45, 2.75) is 78.5 Å². The molecule has 59 heavy (non-hydrogen) atoms. The Morgan fingerprint density at radius 2 is 1.37 bits per heavy atom. The number of phenolic OH excluding ortho intramolecular Hbond substituents is 1. The Labute approximate surface area is 365 Å². The minimum Gasteiger partial charge on any atom is -0.507 e. The molecule has 2 heterocycles. The first kappa shape index (κ1) is 40.2. The number of pyridine rings is 1. The van der Waals surface area contributed by atoms with Crippen LogP contribution in [0.1, 0.15) is 85.8 Å². The SMILES string of the molecule is [2H]C(C)(C)c1ccc(-c2ccnc(-c3[c-]c(-c4cccc5c4nc(-c4ccccc4O)n5-c4ccc(C(C)(C)CC)cc4-c4ccccc4)cc(C(C)(C)C)c3)c2)cc1.[Pt]. The Kier molecular flexibility index (Phi) is 11.3. The van der Waals surface area contributed by atoms with Crippen LogP contribution in [0.4, 0.5) is 0 Å². The Morgan fingerprint density at radius 3 is 2.07 bits per heavy atom. The first-order valence-corrected chi connectivity index (χ1v) is 20.3. The van der Waals surface area contributed by atoms with Gasteiger partial charge in [-0.1, -0.05) is 158 Å². The predicted octanol–water partition coefficient (Wildman–Crippen LogP) is 14.4. The average Bonchev–Trinajstić information content (AvgIpc) is 3.62. The number of para-hydroxylation sites is 2. The van der Waals surface area contributed by atoms with E-state index in [4.69, 9.17) is 11.3 Å². The zero-order chi connectivity index (χ0) is 41.7. The van der Waals surface area contributed by atoms with Crippen LogP contribution in [-0.4, -0.2) is 19.6 Å². The number of nitrogens with zero attached hydrogens (tertiary/aromatic N) is 3. The van der Waals surface area contributed by atoms with Gasteiger partial charge >= 0.3 is 0 Å². The number of aromatic nitrogens is 3. The van der Waals surface area contributed by atoms with Crippen molar-refractivity contribution in [1.29, 1.82) is 0 Å². The van der Waals surface area contributed by atoms with Crippen molar-refractivity contribution in [2.24, 2.45) is 0 Å². The van der Waals surface area contributed by atoms with Gasteiger partial charge in [-0.2, -0.15) is 0 Å².